The van der Waals surface area contributed by atoms with Crippen LogP contribution in [0.1, 0.15) is 44.2 Å². The number of amides is 1. The minimum absolute atomic E-state index is 0.227. The summed E-state index contributed by atoms with van der Waals surface area (Å²) >= 11 is 1.40. The maximum Gasteiger partial charge on any atom is 0.233 e. The molecule has 1 amide bonds. The van der Waals surface area contributed by atoms with Crippen molar-refractivity contribution >= 4 is 23.5 Å². The molecule has 0 radical (unpaired) electrons. The monoisotopic (exact) mass is 320 g/mol. The van der Waals surface area contributed by atoms with Crippen LogP contribution >= 0.6 is 11.8 Å². The number of nitrogens with zero attached hydrogens (tertiary/aromatic N) is 3. The lowest BCUT2D eigenvalue weighted by atomic mass is 9.78. The maximum atomic E-state index is 12.6. The van der Waals surface area contributed by atoms with Crippen molar-refractivity contribution in [3.63, 3.8) is 0 Å². The second-order valence-corrected chi connectivity index (χ2v) is 7.29. The summed E-state index contributed by atoms with van der Waals surface area (Å²) in [7, 11) is 0. The molecule has 6 heteroatoms. The highest BCUT2D eigenvalue weighted by atomic mass is 32.2. The number of rotatable bonds is 3. The summed E-state index contributed by atoms with van der Waals surface area (Å²) in [5.74, 6) is 1.83. The molecule has 0 spiro atoms. The van der Waals surface area contributed by atoms with Gasteiger partial charge in [-0.15, -0.1) is 0 Å². The van der Waals surface area contributed by atoms with Crippen LogP contribution in [0.4, 0.5) is 5.82 Å². The van der Waals surface area contributed by atoms with Gasteiger partial charge in [-0.05, 0) is 38.5 Å². The highest BCUT2D eigenvalue weighted by Gasteiger charge is 2.35. The van der Waals surface area contributed by atoms with Crippen molar-refractivity contribution in [1.82, 2.24) is 14.9 Å². The van der Waals surface area contributed by atoms with Crippen LogP contribution < -0.4 is 5.73 Å². The normalized spacial score (nSPS) is 24.9. The molecule has 2 aliphatic rings. The number of carbonyl (C=O) groups excluding carboxylic acids is 1. The van der Waals surface area contributed by atoms with Gasteiger partial charge in [0.1, 0.15) is 5.82 Å². The molecule has 5 nitrogen and oxygen atoms in total. The standard InChI is InChI=1S/C16H24N4OS/c1-11-9-14(17)19-16(18-11)22-10-15(21)20-8-4-6-12-5-2-3-7-13(12)20/h9,12-13H,2-8,10H2,1H3,(H2,17,18,19). The average molecular weight is 320 g/mol. The number of carbonyl (C=O) groups is 1. The van der Waals surface area contributed by atoms with Crippen LogP contribution in [0.15, 0.2) is 11.2 Å². The van der Waals surface area contributed by atoms with Gasteiger partial charge in [-0.2, -0.15) is 0 Å². The van der Waals surface area contributed by atoms with E-state index in [9.17, 15) is 4.79 Å². The number of nitrogens with two attached hydrogens (primary N) is 1. The topological polar surface area (TPSA) is 72.1 Å². The highest BCUT2D eigenvalue weighted by molar-refractivity contribution is 7.99. The summed E-state index contributed by atoms with van der Waals surface area (Å²) in [6, 6.07) is 2.21. The van der Waals surface area contributed by atoms with Gasteiger partial charge in [-0.1, -0.05) is 24.6 Å². The second-order valence-electron chi connectivity index (χ2n) is 6.35. The number of hydrogen-bond acceptors (Lipinski definition) is 5. The lowest BCUT2D eigenvalue weighted by Crippen LogP contribution is -2.50. The molecular weight excluding hydrogens is 296 g/mol. The van der Waals surface area contributed by atoms with E-state index >= 15 is 0 Å². The van der Waals surface area contributed by atoms with Crippen molar-refractivity contribution in [1.29, 1.82) is 0 Å². The molecule has 2 fully saturated rings. The van der Waals surface area contributed by atoms with E-state index in [2.05, 4.69) is 14.9 Å². The molecule has 1 saturated carbocycles. The molecular formula is C16H24N4OS. The summed E-state index contributed by atoms with van der Waals surface area (Å²) in [6.45, 7) is 2.80. The van der Waals surface area contributed by atoms with Gasteiger partial charge in [0.2, 0.25) is 5.91 Å². The van der Waals surface area contributed by atoms with Crippen molar-refractivity contribution in [2.24, 2.45) is 5.92 Å². The van der Waals surface area contributed by atoms with Crippen LogP contribution in [-0.2, 0) is 4.79 Å². The quantitative estimate of drug-likeness (QED) is 0.685. The minimum atomic E-state index is 0.227. The number of anilines is 1. The van der Waals surface area contributed by atoms with E-state index in [-0.39, 0.29) is 5.91 Å². The average Bonchev–Trinajstić information content (AvgIpc) is 2.51. The molecule has 1 saturated heterocycles. The van der Waals surface area contributed by atoms with Crippen molar-refractivity contribution in [3.8, 4) is 0 Å². The zero-order chi connectivity index (χ0) is 15.5. The van der Waals surface area contributed by atoms with Gasteiger partial charge >= 0.3 is 0 Å². The summed E-state index contributed by atoms with van der Waals surface area (Å²) in [5.41, 5.74) is 6.58. The van der Waals surface area contributed by atoms with Crippen LogP contribution in [0.5, 0.6) is 0 Å². The molecule has 2 unspecified atom stereocenters. The number of aryl methyl sites for hydroxylation is 1. The molecule has 120 valence electrons. The molecule has 3 rings (SSSR count). The highest BCUT2D eigenvalue weighted by Crippen LogP contribution is 2.35. The van der Waals surface area contributed by atoms with Crippen LogP contribution in [-0.4, -0.2) is 39.1 Å². The molecule has 2 N–H and O–H groups in total. The Balaban J connectivity index is 1.61. The van der Waals surface area contributed by atoms with E-state index in [0.29, 0.717) is 22.8 Å². The molecule has 1 aromatic heterocycles. The Kier molecular flexibility index (Phi) is 4.86. The van der Waals surface area contributed by atoms with E-state index in [4.69, 9.17) is 5.73 Å². The van der Waals surface area contributed by atoms with E-state index in [1.807, 2.05) is 6.92 Å². The molecule has 1 aromatic rings. The number of piperidine rings is 1. The van der Waals surface area contributed by atoms with E-state index < -0.39 is 0 Å². The Morgan fingerprint density at radius 2 is 2.09 bits per heavy atom. The fourth-order valence-electron chi connectivity index (χ4n) is 3.77. The number of fused-ring (bicyclic) bond motifs is 1. The molecule has 0 bridgehead atoms. The SMILES string of the molecule is Cc1cc(N)nc(SCC(=O)N2CCCC3CCCCC32)n1. The first-order valence-corrected chi connectivity index (χ1v) is 9.15. The second kappa shape index (κ2) is 6.86. The van der Waals surface area contributed by atoms with Crippen LogP contribution in [0.2, 0.25) is 0 Å². The summed E-state index contributed by atoms with van der Waals surface area (Å²) in [4.78, 5) is 23.3. The molecule has 2 atom stereocenters. The number of hydrogen-bond donors (Lipinski definition) is 1. The number of nitrogen functional groups attached to an aromatic ring is 1. The lowest BCUT2D eigenvalue weighted by molar-refractivity contribution is -0.134. The summed E-state index contributed by atoms with van der Waals surface area (Å²) < 4.78 is 0. The Labute approximate surface area is 136 Å². The third-order valence-electron chi connectivity index (χ3n) is 4.74. The van der Waals surface area contributed by atoms with Gasteiger partial charge in [0.05, 0.1) is 5.75 Å². The predicted molar refractivity (Wildman–Crippen MR) is 88.6 cm³/mol. The van der Waals surface area contributed by atoms with Gasteiger partial charge in [-0.3, -0.25) is 4.79 Å². The molecule has 2 heterocycles. The zero-order valence-corrected chi connectivity index (χ0v) is 13.9. The Morgan fingerprint density at radius 3 is 2.91 bits per heavy atom. The fraction of sp³-hybridized carbons (Fsp3) is 0.688. The summed E-state index contributed by atoms with van der Waals surface area (Å²) in [5, 5.41) is 0.600. The van der Waals surface area contributed by atoms with Gasteiger partial charge < -0.3 is 10.6 Å². The smallest absolute Gasteiger partial charge is 0.233 e. The van der Waals surface area contributed by atoms with Crippen molar-refractivity contribution < 1.29 is 4.79 Å². The first-order valence-electron chi connectivity index (χ1n) is 8.17. The van der Waals surface area contributed by atoms with Crippen molar-refractivity contribution in [2.75, 3.05) is 18.0 Å². The van der Waals surface area contributed by atoms with E-state index in [1.165, 1.54) is 43.9 Å². The Hall–Kier alpha value is -1.30. The first kappa shape index (κ1) is 15.6. The van der Waals surface area contributed by atoms with Crippen LogP contribution in [0.25, 0.3) is 0 Å². The Morgan fingerprint density at radius 1 is 1.32 bits per heavy atom. The largest absolute Gasteiger partial charge is 0.384 e. The van der Waals surface area contributed by atoms with Crippen LogP contribution in [0.3, 0.4) is 0 Å². The zero-order valence-electron chi connectivity index (χ0n) is 13.1. The van der Waals surface area contributed by atoms with Crippen molar-refractivity contribution in [3.05, 3.63) is 11.8 Å². The lowest BCUT2D eigenvalue weighted by Gasteiger charge is -2.44. The number of aromatic nitrogens is 2. The summed E-state index contributed by atoms with van der Waals surface area (Å²) in [6.07, 6.45) is 7.49. The predicted octanol–water partition coefficient (Wildman–Crippen LogP) is 2.64. The third-order valence-corrected chi connectivity index (χ3v) is 5.57. The molecule has 22 heavy (non-hydrogen) atoms. The number of thioether (sulfide) groups is 1. The van der Waals surface area contributed by atoms with Gasteiger partial charge in [-0.25, -0.2) is 9.97 Å². The fourth-order valence-corrected chi connectivity index (χ4v) is 4.57. The maximum absolute atomic E-state index is 12.6. The first-order chi connectivity index (χ1) is 10.6. The molecule has 0 aromatic carbocycles. The van der Waals surface area contributed by atoms with Gasteiger partial charge in [0, 0.05) is 24.3 Å². The van der Waals surface area contributed by atoms with Crippen molar-refractivity contribution in [2.45, 2.75) is 56.6 Å². The van der Waals surface area contributed by atoms with Gasteiger partial charge in [0.25, 0.3) is 0 Å². The van der Waals surface area contributed by atoms with Gasteiger partial charge in [0.15, 0.2) is 5.16 Å². The van der Waals surface area contributed by atoms with E-state index in [1.54, 1.807) is 6.07 Å². The minimum Gasteiger partial charge on any atom is -0.384 e. The third kappa shape index (κ3) is 3.54. The Bertz CT molecular complexity index is 529. The number of likely N-dealkylation sites (tertiary alicyclic amines) is 1. The van der Waals surface area contributed by atoms with Crippen LogP contribution in [0, 0.1) is 12.8 Å². The molecule has 1 aliphatic carbocycles. The van der Waals surface area contributed by atoms with E-state index in [0.717, 1.165) is 24.6 Å². The molecule has 1 aliphatic heterocycles.